The number of likely N-dealkylation sites (tertiary alicyclic amines) is 1. The van der Waals surface area contributed by atoms with Gasteiger partial charge in [-0.25, -0.2) is 0 Å². The number of halogens is 1. The fourth-order valence-electron chi connectivity index (χ4n) is 3.31. The molecule has 0 aromatic heterocycles. The van der Waals surface area contributed by atoms with E-state index in [-0.39, 0.29) is 36.6 Å². The minimum Gasteiger partial charge on any atom is -0.493 e. The van der Waals surface area contributed by atoms with Crippen LogP contribution in [0.2, 0.25) is 0 Å². The van der Waals surface area contributed by atoms with Crippen molar-refractivity contribution in [3.8, 4) is 11.5 Å². The average molecular weight is 420 g/mol. The molecule has 7 nitrogen and oxygen atoms in total. The second-order valence-electron chi connectivity index (χ2n) is 6.76. The van der Waals surface area contributed by atoms with E-state index in [9.17, 15) is 9.59 Å². The zero-order valence-electron chi connectivity index (χ0n) is 16.5. The van der Waals surface area contributed by atoms with Gasteiger partial charge in [0.2, 0.25) is 11.8 Å². The Labute approximate surface area is 176 Å². The quantitative estimate of drug-likeness (QED) is 0.673. The fourth-order valence-corrected chi connectivity index (χ4v) is 3.31. The van der Waals surface area contributed by atoms with Crippen LogP contribution in [0, 0.1) is 5.92 Å². The third kappa shape index (κ3) is 5.32. The first-order valence-electron chi connectivity index (χ1n) is 9.16. The molecule has 3 rings (SSSR count). The molecule has 29 heavy (non-hydrogen) atoms. The van der Waals surface area contributed by atoms with Gasteiger partial charge in [-0.2, -0.15) is 0 Å². The number of nitrogens with two attached hydrogens (primary N) is 1. The lowest BCUT2D eigenvalue weighted by Crippen LogP contribution is -2.30. The van der Waals surface area contributed by atoms with E-state index < -0.39 is 0 Å². The molecule has 2 amide bonds. The van der Waals surface area contributed by atoms with Crippen LogP contribution in [0.5, 0.6) is 11.5 Å². The molecule has 1 fully saturated rings. The summed E-state index contributed by atoms with van der Waals surface area (Å²) in [5.74, 6) is 0.755. The predicted octanol–water partition coefficient (Wildman–Crippen LogP) is 2.74. The van der Waals surface area contributed by atoms with Gasteiger partial charge in [-0.05, 0) is 36.2 Å². The zero-order chi connectivity index (χ0) is 20.1. The topological polar surface area (TPSA) is 93.9 Å². The number of benzene rings is 2. The molecule has 3 N–H and O–H groups in total. The van der Waals surface area contributed by atoms with Crippen LogP contribution in [-0.4, -0.2) is 44.0 Å². The number of nitrogens with one attached hydrogen (secondary N) is 1. The molecular formula is C21H26ClN3O4. The summed E-state index contributed by atoms with van der Waals surface area (Å²) < 4.78 is 10.6. The molecule has 0 radical (unpaired) electrons. The number of nitrogen functional groups attached to an aromatic ring is 1. The molecular weight excluding hydrogens is 394 g/mol. The number of amides is 2. The van der Waals surface area contributed by atoms with Gasteiger partial charge in [0.25, 0.3) is 0 Å². The van der Waals surface area contributed by atoms with E-state index in [2.05, 4.69) is 5.32 Å². The molecule has 1 aliphatic rings. The predicted molar refractivity (Wildman–Crippen MR) is 115 cm³/mol. The highest BCUT2D eigenvalue weighted by molar-refractivity contribution is 5.99. The Morgan fingerprint density at radius 1 is 1.17 bits per heavy atom. The minimum atomic E-state index is -0.377. The summed E-state index contributed by atoms with van der Waals surface area (Å²) in [6.45, 7) is 0.955. The lowest BCUT2D eigenvalue weighted by Gasteiger charge is -2.17. The Hall–Kier alpha value is -2.93. The maximum atomic E-state index is 12.5. The maximum Gasteiger partial charge on any atom is 0.229 e. The molecule has 2 aromatic carbocycles. The molecule has 0 bridgehead atoms. The van der Waals surface area contributed by atoms with E-state index in [0.29, 0.717) is 42.4 Å². The van der Waals surface area contributed by atoms with Crippen LogP contribution >= 0.6 is 12.4 Å². The van der Waals surface area contributed by atoms with E-state index in [0.717, 1.165) is 5.56 Å². The van der Waals surface area contributed by atoms with Gasteiger partial charge in [0.1, 0.15) is 0 Å². The third-order valence-corrected chi connectivity index (χ3v) is 4.92. The average Bonchev–Trinajstić information content (AvgIpc) is 3.08. The number of para-hydroxylation sites is 2. The molecule has 1 unspecified atom stereocenters. The molecule has 0 aliphatic carbocycles. The zero-order valence-corrected chi connectivity index (χ0v) is 17.3. The van der Waals surface area contributed by atoms with Gasteiger partial charge in [0.15, 0.2) is 11.5 Å². The highest BCUT2D eigenvalue weighted by Gasteiger charge is 2.34. The number of rotatable bonds is 7. The third-order valence-electron chi connectivity index (χ3n) is 4.92. The Kier molecular flexibility index (Phi) is 7.73. The highest BCUT2D eigenvalue weighted by atomic mass is 35.5. The number of carbonyl (C=O) groups excluding carboxylic acids is 2. The van der Waals surface area contributed by atoms with Crippen LogP contribution in [0.4, 0.5) is 11.4 Å². The van der Waals surface area contributed by atoms with E-state index in [4.69, 9.17) is 15.2 Å². The molecule has 0 saturated carbocycles. The van der Waals surface area contributed by atoms with Crippen molar-refractivity contribution in [3.05, 3.63) is 48.0 Å². The number of nitrogens with zero attached hydrogens (tertiary/aromatic N) is 1. The van der Waals surface area contributed by atoms with E-state index in [1.165, 1.54) is 0 Å². The van der Waals surface area contributed by atoms with Gasteiger partial charge < -0.3 is 25.4 Å². The standard InChI is InChI=1S/C21H25N3O4.ClH/c1-27-18-8-7-14(11-19(18)28-2)9-10-24-13-15(12-20(24)25)21(26)23-17-6-4-3-5-16(17)22;/h3-8,11,15H,9-10,12-13,22H2,1-2H3,(H,23,26);1H. The van der Waals surface area contributed by atoms with Crippen LogP contribution in [-0.2, 0) is 16.0 Å². The first-order chi connectivity index (χ1) is 13.5. The number of hydrogen-bond acceptors (Lipinski definition) is 5. The first-order valence-corrected chi connectivity index (χ1v) is 9.16. The number of anilines is 2. The van der Waals surface area contributed by atoms with Crippen molar-refractivity contribution in [3.63, 3.8) is 0 Å². The Morgan fingerprint density at radius 3 is 2.59 bits per heavy atom. The lowest BCUT2D eigenvalue weighted by molar-refractivity contribution is -0.128. The Balaban J connectivity index is 0.00000300. The van der Waals surface area contributed by atoms with Crippen LogP contribution in [0.25, 0.3) is 0 Å². The summed E-state index contributed by atoms with van der Waals surface area (Å²) >= 11 is 0. The lowest BCUT2D eigenvalue weighted by atomic mass is 10.1. The first kappa shape index (κ1) is 22.4. The van der Waals surface area contributed by atoms with Crippen LogP contribution in [0.3, 0.4) is 0 Å². The van der Waals surface area contributed by atoms with Gasteiger partial charge in [0.05, 0.1) is 31.5 Å². The minimum absolute atomic E-state index is 0. The van der Waals surface area contributed by atoms with E-state index in [1.807, 2.05) is 18.2 Å². The normalized spacial score (nSPS) is 15.6. The molecule has 8 heteroatoms. The maximum absolute atomic E-state index is 12.5. The summed E-state index contributed by atoms with van der Waals surface area (Å²) in [6.07, 6.45) is 0.885. The Morgan fingerprint density at radius 2 is 1.90 bits per heavy atom. The van der Waals surface area contributed by atoms with Crippen LogP contribution in [0.15, 0.2) is 42.5 Å². The molecule has 1 heterocycles. The smallest absolute Gasteiger partial charge is 0.229 e. The van der Waals surface area contributed by atoms with Crippen molar-refractivity contribution in [1.82, 2.24) is 4.90 Å². The van der Waals surface area contributed by atoms with Crippen molar-refractivity contribution >= 4 is 35.6 Å². The largest absolute Gasteiger partial charge is 0.493 e. The molecule has 1 atom stereocenters. The van der Waals surface area contributed by atoms with Gasteiger partial charge >= 0.3 is 0 Å². The van der Waals surface area contributed by atoms with Gasteiger partial charge in [0, 0.05) is 19.5 Å². The summed E-state index contributed by atoms with van der Waals surface area (Å²) in [7, 11) is 3.18. The number of hydrogen-bond donors (Lipinski definition) is 2. The van der Waals surface area contributed by atoms with E-state index >= 15 is 0 Å². The van der Waals surface area contributed by atoms with Crippen molar-refractivity contribution in [2.75, 3.05) is 38.4 Å². The second kappa shape index (κ2) is 10.0. The molecule has 0 spiro atoms. The highest BCUT2D eigenvalue weighted by Crippen LogP contribution is 2.28. The molecule has 2 aromatic rings. The fraction of sp³-hybridized carbons (Fsp3) is 0.333. The molecule has 1 aliphatic heterocycles. The van der Waals surface area contributed by atoms with Crippen molar-refractivity contribution in [2.45, 2.75) is 12.8 Å². The molecule has 156 valence electrons. The van der Waals surface area contributed by atoms with Gasteiger partial charge in [-0.15, -0.1) is 12.4 Å². The number of ether oxygens (including phenoxy) is 2. The van der Waals surface area contributed by atoms with Crippen molar-refractivity contribution < 1.29 is 19.1 Å². The SMILES string of the molecule is COc1ccc(CCN2CC(C(=O)Nc3ccccc3N)CC2=O)cc1OC.Cl. The summed E-state index contributed by atoms with van der Waals surface area (Å²) in [4.78, 5) is 26.6. The monoisotopic (exact) mass is 419 g/mol. The summed E-state index contributed by atoms with van der Waals surface area (Å²) in [6, 6.07) is 12.8. The van der Waals surface area contributed by atoms with E-state index in [1.54, 1.807) is 43.4 Å². The van der Waals surface area contributed by atoms with Crippen molar-refractivity contribution in [1.29, 1.82) is 0 Å². The number of methoxy groups -OCH3 is 2. The van der Waals surface area contributed by atoms with Gasteiger partial charge in [-0.3, -0.25) is 9.59 Å². The molecule has 1 saturated heterocycles. The summed E-state index contributed by atoms with van der Waals surface area (Å²) in [5, 5.41) is 2.82. The van der Waals surface area contributed by atoms with Crippen molar-refractivity contribution in [2.24, 2.45) is 5.92 Å². The second-order valence-corrected chi connectivity index (χ2v) is 6.76. The van der Waals surface area contributed by atoms with Crippen LogP contribution < -0.4 is 20.5 Å². The summed E-state index contributed by atoms with van der Waals surface area (Å²) in [5.41, 5.74) is 7.98. The van der Waals surface area contributed by atoms with Crippen LogP contribution in [0.1, 0.15) is 12.0 Å². The Bertz CT molecular complexity index is 875. The number of carbonyl (C=O) groups is 2. The van der Waals surface area contributed by atoms with Gasteiger partial charge in [-0.1, -0.05) is 18.2 Å².